The quantitative estimate of drug-likeness (QED) is 0.215. The molecular weight excluding hydrogens is 712 g/mol. The van der Waals surface area contributed by atoms with Crippen LogP contribution in [0.15, 0.2) is 59.1 Å². The lowest BCUT2D eigenvalue weighted by Crippen LogP contribution is -2.49. The Balaban J connectivity index is 1.23. The first-order valence-corrected chi connectivity index (χ1v) is 20.6. The fourth-order valence-corrected chi connectivity index (χ4v) is 10.9. The highest BCUT2D eigenvalue weighted by molar-refractivity contribution is 7.95. The Morgan fingerprint density at radius 1 is 1.15 bits per heavy atom. The van der Waals surface area contributed by atoms with Crippen molar-refractivity contribution in [1.29, 1.82) is 0 Å². The Labute approximate surface area is 316 Å². The van der Waals surface area contributed by atoms with Crippen LogP contribution in [0.4, 0.5) is 17.5 Å². The zero-order valence-corrected chi connectivity index (χ0v) is 32.3. The molecule has 4 heterocycles. The van der Waals surface area contributed by atoms with E-state index in [1.54, 1.807) is 38.2 Å². The molecule has 1 fully saturated rings. The summed E-state index contributed by atoms with van der Waals surface area (Å²) in [5, 5.41) is 8.71. The van der Waals surface area contributed by atoms with Gasteiger partial charge in [-0.25, -0.2) is 4.21 Å². The molecule has 6 atom stereocenters. The molecule has 2 N–H and O–H groups in total. The van der Waals surface area contributed by atoms with Gasteiger partial charge in [0.1, 0.15) is 15.7 Å². The maximum Gasteiger partial charge on any atom is 0.286 e. The molecule has 2 bridgehead atoms. The number of carbonyl (C=O) groups excluding carboxylic acids is 1. The van der Waals surface area contributed by atoms with Crippen molar-refractivity contribution < 1.29 is 18.5 Å². The predicted octanol–water partition coefficient (Wildman–Crippen LogP) is 6.80. The third kappa shape index (κ3) is 6.99. The van der Waals surface area contributed by atoms with Crippen molar-refractivity contribution in [2.75, 3.05) is 54.5 Å². The van der Waals surface area contributed by atoms with Crippen LogP contribution in [-0.4, -0.2) is 75.6 Å². The number of ether oxygens (including phenoxy) is 2. The van der Waals surface area contributed by atoms with E-state index in [1.165, 1.54) is 11.1 Å². The summed E-state index contributed by atoms with van der Waals surface area (Å²) >= 11 is 6.48. The summed E-state index contributed by atoms with van der Waals surface area (Å²) in [6.45, 7) is 4.07. The van der Waals surface area contributed by atoms with Gasteiger partial charge in [-0.05, 0) is 97.7 Å². The second-order valence-electron chi connectivity index (χ2n) is 15.2. The minimum absolute atomic E-state index is 0.0389. The number of aromatic nitrogens is 4. The highest BCUT2D eigenvalue weighted by Gasteiger charge is 2.44. The van der Waals surface area contributed by atoms with E-state index in [4.69, 9.17) is 21.1 Å². The molecule has 280 valence electrons. The van der Waals surface area contributed by atoms with Gasteiger partial charge in [0.15, 0.2) is 11.5 Å². The van der Waals surface area contributed by atoms with Crippen LogP contribution in [0.1, 0.15) is 60.5 Å². The molecular formula is C39H47ClN8O4S. The van der Waals surface area contributed by atoms with Crippen LogP contribution in [0.2, 0.25) is 5.02 Å². The van der Waals surface area contributed by atoms with Gasteiger partial charge in [-0.3, -0.25) is 14.2 Å². The molecule has 0 saturated heterocycles. The number of carbonyl (C=O) groups is 1. The first-order valence-electron chi connectivity index (χ1n) is 18.5. The van der Waals surface area contributed by atoms with E-state index in [0.717, 1.165) is 61.7 Å². The van der Waals surface area contributed by atoms with E-state index in [-0.39, 0.29) is 23.2 Å². The number of amides is 1. The van der Waals surface area contributed by atoms with Gasteiger partial charge in [-0.15, -0.1) is 4.36 Å². The molecule has 8 rings (SSSR count). The number of hydrogen-bond donors (Lipinski definition) is 2. The lowest BCUT2D eigenvalue weighted by atomic mass is 9.68. The summed E-state index contributed by atoms with van der Waals surface area (Å²) in [5.41, 5.74) is 3.95. The summed E-state index contributed by atoms with van der Waals surface area (Å²) in [6.07, 6.45) is 11.9. The first-order chi connectivity index (χ1) is 25.5. The number of fused-ring (bicyclic) bond motifs is 5. The number of hydrogen-bond acceptors (Lipinski definition) is 9. The average Bonchev–Trinajstić information content (AvgIpc) is 3.43. The van der Waals surface area contributed by atoms with Crippen molar-refractivity contribution in [3.05, 3.63) is 76.5 Å². The van der Waals surface area contributed by atoms with Crippen LogP contribution in [0.3, 0.4) is 0 Å². The van der Waals surface area contributed by atoms with Gasteiger partial charge in [0.25, 0.3) is 5.91 Å². The Hall–Kier alpha value is -4.20. The fraction of sp³-hybridized carbons (Fsp3) is 0.487. The lowest BCUT2D eigenvalue weighted by molar-refractivity contribution is 0.0131. The standard InChI is InChI=1S/C39H47ClN8O4S/c1-24-7-5-9-33(51-4)29-13-10-27(29)19-48-22-39(16-6-8-25-17-28(40)12-14-31(25)39)23-52-34-15-11-26(18-32(34)48)37(49)46-53(50,21-24)45-36-30-20-47(3)44-35(30)42-38(41-2)43-36/h5,9,11-12,14-15,17-18,20,24,27,29,33H,6-8,10,13,16,19,21-23H2,1-4H3,(H2,41,42,43,44,45,46,49,50)/b9-5-/t24-,27-,29+,33-,39-,53?/m0/s1. The highest BCUT2D eigenvalue weighted by atomic mass is 35.5. The average molecular weight is 759 g/mol. The van der Waals surface area contributed by atoms with Crippen LogP contribution >= 0.6 is 11.6 Å². The van der Waals surface area contributed by atoms with Crippen molar-refractivity contribution in [3.8, 4) is 5.75 Å². The van der Waals surface area contributed by atoms with Gasteiger partial charge in [-0.1, -0.05) is 36.7 Å². The van der Waals surface area contributed by atoms with Crippen LogP contribution in [0, 0.1) is 17.8 Å². The van der Waals surface area contributed by atoms with Crippen molar-refractivity contribution in [3.63, 3.8) is 0 Å². The van der Waals surface area contributed by atoms with Crippen molar-refractivity contribution in [1.82, 2.24) is 19.7 Å². The third-order valence-electron chi connectivity index (χ3n) is 11.5. The van der Waals surface area contributed by atoms with Gasteiger partial charge < -0.3 is 19.7 Å². The molecule has 4 aromatic rings. The fourth-order valence-electron chi connectivity index (χ4n) is 8.73. The molecule has 2 aromatic carbocycles. The molecule has 0 radical (unpaired) electrons. The van der Waals surface area contributed by atoms with Gasteiger partial charge in [0, 0.05) is 56.5 Å². The molecule has 4 aliphatic rings. The minimum atomic E-state index is -3.40. The van der Waals surface area contributed by atoms with Crippen LogP contribution in [-0.2, 0) is 33.5 Å². The number of rotatable bonds is 4. The zero-order chi connectivity index (χ0) is 36.9. The summed E-state index contributed by atoms with van der Waals surface area (Å²) in [5.74, 6) is 1.55. The maximum absolute atomic E-state index is 15.0. The second-order valence-corrected chi connectivity index (χ2v) is 17.7. The molecule has 1 spiro atoms. The van der Waals surface area contributed by atoms with Crippen LogP contribution < -0.4 is 19.7 Å². The lowest BCUT2D eigenvalue weighted by Gasteiger charge is -2.46. The van der Waals surface area contributed by atoms with E-state index >= 15 is 0 Å². The van der Waals surface area contributed by atoms with Gasteiger partial charge >= 0.3 is 0 Å². The van der Waals surface area contributed by atoms with E-state index < -0.39 is 15.8 Å². The smallest absolute Gasteiger partial charge is 0.286 e. The predicted molar refractivity (Wildman–Crippen MR) is 209 cm³/mol. The van der Waals surface area contributed by atoms with E-state index in [9.17, 15) is 9.00 Å². The largest absolute Gasteiger partial charge is 0.490 e. The molecule has 1 unspecified atom stereocenters. The molecule has 14 heteroatoms. The summed E-state index contributed by atoms with van der Waals surface area (Å²) in [6, 6.07) is 11.8. The molecule has 12 nitrogen and oxygen atoms in total. The number of methoxy groups -OCH3 is 1. The Kier molecular flexibility index (Phi) is 9.61. The monoisotopic (exact) mass is 758 g/mol. The molecule has 1 saturated carbocycles. The molecule has 2 aromatic heterocycles. The number of benzene rings is 2. The van der Waals surface area contributed by atoms with Gasteiger partial charge in [0.05, 0.1) is 29.5 Å². The van der Waals surface area contributed by atoms with Crippen molar-refractivity contribution >= 4 is 55.9 Å². The molecule has 2 aliphatic carbocycles. The van der Waals surface area contributed by atoms with E-state index in [2.05, 4.69) is 58.7 Å². The Morgan fingerprint density at radius 2 is 2.02 bits per heavy atom. The maximum atomic E-state index is 15.0. The van der Waals surface area contributed by atoms with Crippen molar-refractivity contribution in [2.45, 2.75) is 57.0 Å². The number of allylic oxidation sites excluding steroid dienone is 1. The van der Waals surface area contributed by atoms with E-state index in [0.29, 0.717) is 53.2 Å². The number of aryl methyl sites for hydroxylation is 2. The number of nitrogens with one attached hydrogen (secondary N) is 2. The number of anilines is 3. The van der Waals surface area contributed by atoms with Gasteiger partial charge in [0.2, 0.25) is 5.95 Å². The van der Waals surface area contributed by atoms with Crippen LogP contribution in [0.5, 0.6) is 5.75 Å². The van der Waals surface area contributed by atoms with Crippen LogP contribution in [0.25, 0.3) is 11.0 Å². The molecule has 1 amide bonds. The minimum Gasteiger partial charge on any atom is -0.490 e. The zero-order valence-electron chi connectivity index (χ0n) is 30.7. The Bertz CT molecular complexity index is 2220. The Morgan fingerprint density at radius 3 is 2.81 bits per heavy atom. The molecule has 53 heavy (non-hydrogen) atoms. The van der Waals surface area contributed by atoms with Crippen molar-refractivity contribution in [2.24, 2.45) is 29.2 Å². The normalized spacial score (nSPS) is 29.2. The van der Waals surface area contributed by atoms with Gasteiger partial charge in [-0.2, -0.15) is 15.1 Å². The second kappa shape index (κ2) is 14.2. The summed E-state index contributed by atoms with van der Waals surface area (Å²) < 4.78 is 37.0. The topological polar surface area (TPSA) is 136 Å². The number of nitrogens with zero attached hydrogens (tertiary/aromatic N) is 6. The third-order valence-corrected chi connectivity index (χ3v) is 13.7. The first kappa shape index (κ1) is 35.8. The van der Waals surface area contributed by atoms with E-state index in [1.807, 2.05) is 25.1 Å². The summed E-state index contributed by atoms with van der Waals surface area (Å²) in [7, 11) is 1.87. The number of halogens is 1. The SMILES string of the molecule is CNc1nc(NS2(=O)=NC(=O)c3ccc4c(c3)N(C[C@@H]3CC[C@H]3[C@@H](OC)/C=C\C[C@H](C)C2)C[C@@]2(CCCc3cc(Cl)ccc32)CO4)c2cn(C)nc2n1. The molecule has 2 aliphatic heterocycles. The highest BCUT2D eigenvalue weighted by Crippen LogP contribution is 2.47. The summed E-state index contributed by atoms with van der Waals surface area (Å²) in [4.78, 5) is 25.7.